The van der Waals surface area contributed by atoms with Crippen molar-refractivity contribution in [3.63, 3.8) is 0 Å². The number of benzene rings is 7. The molecule has 0 bridgehead atoms. The van der Waals surface area contributed by atoms with Gasteiger partial charge in [-0.1, -0.05) is 136 Å². The minimum absolute atomic E-state index is 0.201. The first-order valence-electron chi connectivity index (χ1n) is 18.4. The van der Waals surface area contributed by atoms with Crippen LogP contribution in [-0.4, -0.2) is 10.4 Å². The van der Waals surface area contributed by atoms with E-state index < -0.39 is 0 Å². The van der Waals surface area contributed by atoms with Crippen molar-refractivity contribution in [1.82, 2.24) is 4.57 Å². The molecular formula is C50H40N4. The molecule has 1 aliphatic heterocycles. The zero-order chi connectivity index (χ0) is 36.8. The monoisotopic (exact) mass is 696 g/mol. The lowest BCUT2D eigenvalue weighted by Gasteiger charge is -2.42. The molecule has 1 aliphatic rings. The highest BCUT2D eigenvalue weighted by Crippen LogP contribution is 2.53. The molecule has 4 heteroatoms. The van der Waals surface area contributed by atoms with Gasteiger partial charge in [-0.25, -0.2) is 4.99 Å². The van der Waals surface area contributed by atoms with Crippen LogP contribution in [0.1, 0.15) is 41.7 Å². The maximum atomic E-state index is 6.78. The number of anilines is 3. The van der Waals surface area contributed by atoms with Crippen LogP contribution in [0.5, 0.6) is 0 Å². The summed E-state index contributed by atoms with van der Waals surface area (Å²) in [6, 6.07) is 61.7. The fourth-order valence-corrected chi connectivity index (χ4v) is 7.96. The fourth-order valence-electron chi connectivity index (χ4n) is 7.96. The van der Waals surface area contributed by atoms with Crippen LogP contribution in [0.15, 0.2) is 194 Å². The maximum Gasteiger partial charge on any atom is 0.131 e. The molecule has 0 unspecified atom stereocenters. The van der Waals surface area contributed by atoms with Crippen LogP contribution in [0.4, 0.5) is 17.1 Å². The molecule has 0 saturated carbocycles. The first-order valence-corrected chi connectivity index (χ1v) is 18.4. The Labute approximate surface area is 316 Å². The van der Waals surface area contributed by atoms with E-state index in [9.17, 15) is 0 Å². The van der Waals surface area contributed by atoms with E-state index in [0.29, 0.717) is 5.84 Å². The summed E-state index contributed by atoms with van der Waals surface area (Å²) in [7, 11) is 0. The second kappa shape index (κ2) is 13.3. The molecule has 8 aromatic rings. The molecule has 54 heavy (non-hydrogen) atoms. The zero-order valence-electron chi connectivity index (χ0n) is 30.4. The molecule has 0 radical (unpaired) electrons. The van der Waals surface area contributed by atoms with Gasteiger partial charge < -0.3 is 15.2 Å². The Balaban J connectivity index is 1.17. The SMILES string of the molecule is C=C(/C=C(\N=C(N)c1ccc(-n2c3ccccc3c3cc4c(cc32)N(c2ccccc2)c2ccccc2C4(C)C)cc1)c1ccccc1)c1ccccc1. The molecule has 0 spiro atoms. The van der Waals surface area contributed by atoms with E-state index in [1.54, 1.807) is 0 Å². The summed E-state index contributed by atoms with van der Waals surface area (Å²) in [4.78, 5) is 7.39. The van der Waals surface area contributed by atoms with E-state index in [0.717, 1.165) is 50.4 Å². The Kier molecular flexibility index (Phi) is 8.09. The lowest BCUT2D eigenvalue weighted by Crippen LogP contribution is -2.30. The van der Waals surface area contributed by atoms with Gasteiger partial charge in [0.2, 0.25) is 0 Å². The normalized spacial score (nSPS) is 13.9. The van der Waals surface area contributed by atoms with Gasteiger partial charge in [0, 0.05) is 38.7 Å². The van der Waals surface area contributed by atoms with Gasteiger partial charge in [-0.3, -0.25) is 0 Å². The van der Waals surface area contributed by atoms with Crippen LogP contribution >= 0.6 is 0 Å². The molecular weight excluding hydrogens is 657 g/mol. The van der Waals surface area contributed by atoms with E-state index >= 15 is 0 Å². The highest BCUT2D eigenvalue weighted by atomic mass is 15.2. The van der Waals surface area contributed by atoms with Gasteiger partial charge in [-0.2, -0.15) is 0 Å². The van der Waals surface area contributed by atoms with Gasteiger partial charge in [0.15, 0.2) is 0 Å². The molecule has 0 fully saturated rings. The molecule has 0 saturated heterocycles. The van der Waals surface area contributed by atoms with Gasteiger partial charge in [0.1, 0.15) is 5.84 Å². The number of hydrogen-bond donors (Lipinski definition) is 1. The van der Waals surface area contributed by atoms with Crippen molar-refractivity contribution in [2.24, 2.45) is 10.7 Å². The maximum absolute atomic E-state index is 6.78. The highest BCUT2D eigenvalue weighted by Gasteiger charge is 2.37. The van der Waals surface area contributed by atoms with Gasteiger partial charge in [-0.15, -0.1) is 0 Å². The Hall–Kier alpha value is -6.91. The number of aliphatic imine (C=N–C) groups is 1. The minimum Gasteiger partial charge on any atom is -0.383 e. The summed E-state index contributed by atoms with van der Waals surface area (Å²) in [5.41, 5.74) is 20.6. The number of fused-ring (bicyclic) bond motifs is 5. The van der Waals surface area contributed by atoms with Crippen LogP contribution in [0, 0.1) is 0 Å². The van der Waals surface area contributed by atoms with Gasteiger partial charge >= 0.3 is 0 Å². The molecule has 0 atom stereocenters. The third-order valence-electron chi connectivity index (χ3n) is 10.7. The third-order valence-corrected chi connectivity index (χ3v) is 10.7. The van der Waals surface area contributed by atoms with Crippen molar-refractivity contribution in [2.45, 2.75) is 19.3 Å². The summed E-state index contributed by atoms with van der Waals surface area (Å²) in [6.07, 6.45) is 2.00. The number of aromatic nitrogens is 1. The quantitative estimate of drug-likeness (QED) is 0.102. The predicted octanol–water partition coefficient (Wildman–Crippen LogP) is 12.4. The molecule has 9 rings (SSSR count). The molecule has 1 aromatic heterocycles. The largest absolute Gasteiger partial charge is 0.383 e. The summed E-state index contributed by atoms with van der Waals surface area (Å²) in [5.74, 6) is 0.438. The number of rotatable bonds is 7. The number of nitrogens with two attached hydrogens (primary N) is 1. The van der Waals surface area contributed by atoms with Crippen molar-refractivity contribution in [1.29, 1.82) is 0 Å². The van der Waals surface area contributed by atoms with Crippen molar-refractivity contribution < 1.29 is 0 Å². The minimum atomic E-state index is -0.201. The van der Waals surface area contributed by atoms with Crippen molar-refractivity contribution >= 4 is 56.0 Å². The molecule has 2 N–H and O–H groups in total. The Morgan fingerprint density at radius 3 is 1.89 bits per heavy atom. The Bertz CT molecular complexity index is 2740. The van der Waals surface area contributed by atoms with E-state index in [1.807, 2.05) is 54.6 Å². The lowest BCUT2D eigenvalue weighted by molar-refractivity contribution is 0.633. The standard InChI is InChI=1S/C50H40N4/c1-34(35-17-7-4-8-18-35)31-44(36-19-9-5-10-20-36)52-49(51)37-27-29-39(30-28-37)53-45-25-15-13-23-40(45)41-32-43-48(33-47(41)53)54(38-21-11-6-12-22-38)46-26-16-14-24-42(46)50(43,2)3/h4-33H,1H2,2-3H3,(H2,51,52)/b44-31-. The number of amidine groups is 1. The summed E-state index contributed by atoms with van der Waals surface area (Å²) in [6.45, 7) is 9.03. The highest BCUT2D eigenvalue weighted by molar-refractivity contribution is 6.11. The molecule has 0 aliphatic carbocycles. The Morgan fingerprint density at radius 2 is 1.17 bits per heavy atom. The smallest absolute Gasteiger partial charge is 0.131 e. The summed E-state index contributed by atoms with van der Waals surface area (Å²) in [5, 5.41) is 2.45. The second-order valence-electron chi connectivity index (χ2n) is 14.4. The van der Waals surface area contributed by atoms with Crippen molar-refractivity contribution in [3.8, 4) is 5.69 Å². The molecule has 2 heterocycles. The van der Waals surface area contributed by atoms with Crippen LogP contribution in [0.25, 0.3) is 38.8 Å². The van der Waals surface area contributed by atoms with E-state index in [2.05, 4.69) is 157 Å². The topological polar surface area (TPSA) is 46.5 Å². The third kappa shape index (κ3) is 5.60. The van der Waals surface area contributed by atoms with Crippen LogP contribution in [-0.2, 0) is 5.41 Å². The average Bonchev–Trinajstić information content (AvgIpc) is 3.54. The number of hydrogen-bond acceptors (Lipinski definition) is 2. The second-order valence-corrected chi connectivity index (χ2v) is 14.4. The zero-order valence-corrected chi connectivity index (χ0v) is 30.4. The van der Waals surface area contributed by atoms with E-state index in [4.69, 9.17) is 10.7 Å². The predicted molar refractivity (Wildman–Crippen MR) is 228 cm³/mol. The van der Waals surface area contributed by atoms with Gasteiger partial charge in [0.05, 0.1) is 28.1 Å². The summed E-state index contributed by atoms with van der Waals surface area (Å²) >= 11 is 0. The van der Waals surface area contributed by atoms with Crippen molar-refractivity contribution in [2.75, 3.05) is 4.90 Å². The van der Waals surface area contributed by atoms with Crippen LogP contribution in [0.2, 0.25) is 0 Å². The van der Waals surface area contributed by atoms with Gasteiger partial charge in [-0.05, 0) is 89.0 Å². The number of nitrogens with zero attached hydrogens (tertiary/aromatic N) is 3. The number of allylic oxidation sites excluding steroid dienone is 2. The van der Waals surface area contributed by atoms with Crippen LogP contribution < -0.4 is 10.6 Å². The fraction of sp³-hybridized carbons (Fsp3) is 0.0600. The summed E-state index contributed by atoms with van der Waals surface area (Å²) < 4.78 is 2.37. The van der Waals surface area contributed by atoms with Crippen molar-refractivity contribution in [3.05, 3.63) is 216 Å². The number of para-hydroxylation sites is 3. The molecule has 260 valence electrons. The molecule has 7 aromatic carbocycles. The van der Waals surface area contributed by atoms with E-state index in [-0.39, 0.29) is 5.41 Å². The first kappa shape index (κ1) is 33.0. The molecule has 0 amide bonds. The lowest BCUT2D eigenvalue weighted by atomic mass is 9.73. The average molecular weight is 697 g/mol. The van der Waals surface area contributed by atoms with Crippen LogP contribution in [0.3, 0.4) is 0 Å². The van der Waals surface area contributed by atoms with E-state index in [1.165, 1.54) is 33.3 Å². The van der Waals surface area contributed by atoms with Gasteiger partial charge in [0.25, 0.3) is 0 Å². The molecule has 4 nitrogen and oxygen atoms in total. The Morgan fingerprint density at radius 1 is 0.556 bits per heavy atom. The first-order chi connectivity index (χ1) is 26.4.